The molecule has 0 bridgehead atoms. The molecule has 2 aromatic carbocycles. The fourth-order valence-electron chi connectivity index (χ4n) is 4.23. The molecule has 176 valence electrons. The number of rotatable bonds is 15. The van der Waals surface area contributed by atoms with E-state index in [4.69, 9.17) is 4.98 Å². The largest absolute Gasteiger partial charge is 0.345 e. The Morgan fingerprint density at radius 1 is 0.848 bits per heavy atom. The minimum absolute atomic E-state index is 0.101. The molecule has 4 heteroatoms. The van der Waals surface area contributed by atoms with Crippen molar-refractivity contribution in [3.63, 3.8) is 0 Å². The van der Waals surface area contributed by atoms with Crippen LogP contribution in [0.15, 0.2) is 60.7 Å². The number of unbranched alkanes of at least 4 members (excludes halogenated alkanes) is 9. The first-order valence-corrected chi connectivity index (χ1v) is 12.7. The van der Waals surface area contributed by atoms with Crippen molar-refractivity contribution in [3.05, 3.63) is 72.1 Å². The number of hydrogen-bond donors (Lipinski definition) is 1. The summed E-state index contributed by atoms with van der Waals surface area (Å²) in [4.78, 5) is 17.1. The molecule has 0 saturated heterocycles. The second-order valence-electron chi connectivity index (χ2n) is 8.81. The number of aromatic nitrogens is 2. The predicted molar refractivity (Wildman–Crippen MR) is 139 cm³/mol. The van der Waals surface area contributed by atoms with Gasteiger partial charge in [-0.3, -0.25) is 4.79 Å². The quantitative estimate of drug-likeness (QED) is 0.197. The van der Waals surface area contributed by atoms with Crippen LogP contribution in [0.1, 0.15) is 82.5 Å². The fraction of sp³-hybridized carbons (Fsp3) is 0.448. The maximum Gasteiger partial charge on any atom is 0.244 e. The van der Waals surface area contributed by atoms with Gasteiger partial charge in [-0.1, -0.05) is 107 Å². The summed E-state index contributed by atoms with van der Waals surface area (Å²) in [6, 6.07) is 18.1. The third kappa shape index (κ3) is 8.53. The van der Waals surface area contributed by atoms with E-state index in [-0.39, 0.29) is 5.91 Å². The number of fused-ring (bicyclic) bond motifs is 1. The van der Waals surface area contributed by atoms with Crippen molar-refractivity contribution in [3.8, 4) is 0 Å². The van der Waals surface area contributed by atoms with E-state index in [1.807, 2.05) is 48.5 Å². The third-order valence-electron chi connectivity index (χ3n) is 6.12. The van der Waals surface area contributed by atoms with Gasteiger partial charge in [0.1, 0.15) is 5.82 Å². The van der Waals surface area contributed by atoms with Gasteiger partial charge in [0.15, 0.2) is 0 Å². The Hall–Kier alpha value is -2.88. The molecule has 1 aromatic heterocycles. The number of para-hydroxylation sites is 2. The molecule has 0 aliphatic carbocycles. The lowest BCUT2D eigenvalue weighted by molar-refractivity contribution is -0.116. The molecule has 0 saturated carbocycles. The van der Waals surface area contributed by atoms with Crippen molar-refractivity contribution in [2.75, 3.05) is 0 Å². The number of nitrogens with zero attached hydrogens (tertiary/aromatic N) is 2. The van der Waals surface area contributed by atoms with Gasteiger partial charge in [-0.25, -0.2) is 4.98 Å². The Morgan fingerprint density at radius 3 is 2.21 bits per heavy atom. The summed E-state index contributed by atoms with van der Waals surface area (Å²) in [5, 5.41) is 3.00. The van der Waals surface area contributed by atoms with Crippen LogP contribution in [0.25, 0.3) is 17.1 Å². The molecule has 0 unspecified atom stereocenters. The van der Waals surface area contributed by atoms with Gasteiger partial charge in [0.2, 0.25) is 5.91 Å². The van der Waals surface area contributed by atoms with Gasteiger partial charge in [-0.05, 0) is 30.2 Å². The minimum atomic E-state index is -0.101. The van der Waals surface area contributed by atoms with Crippen molar-refractivity contribution in [2.24, 2.45) is 0 Å². The lowest BCUT2D eigenvalue weighted by Gasteiger charge is -2.10. The number of carbonyl (C=O) groups excluding carboxylic acids is 1. The Labute approximate surface area is 199 Å². The summed E-state index contributed by atoms with van der Waals surface area (Å²) in [5.74, 6) is 0.824. The number of imidazole rings is 1. The lowest BCUT2D eigenvalue weighted by atomic mass is 10.1. The number of nitrogens with one attached hydrogen (secondary N) is 1. The molecule has 4 nitrogen and oxygen atoms in total. The van der Waals surface area contributed by atoms with Gasteiger partial charge in [0.05, 0.1) is 17.6 Å². The van der Waals surface area contributed by atoms with E-state index in [9.17, 15) is 4.79 Å². The smallest absolute Gasteiger partial charge is 0.244 e. The SMILES string of the molecule is CCCCCCCCCCCCn1c(CNC(=O)/C=C\c2ccccc2)nc2ccccc21. The van der Waals surface area contributed by atoms with Gasteiger partial charge in [-0.2, -0.15) is 0 Å². The molecule has 3 aromatic rings. The molecule has 0 spiro atoms. The highest BCUT2D eigenvalue weighted by Gasteiger charge is 2.10. The Bertz CT molecular complexity index is 991. The normalized spacial score (nSPS) is 11.4. The Balaban J connectivity index is 1.47. The molecule has 1 heterocycles. The molecular weight excluding hydrogens is 406 g/mol. The van der Waals surface area contributed by atoms with Crippen molar-refractivity contribution < 1.29 is 4.79 Å². The molecule has 3 rings (SSSR count). The van der Waals surface area contributed by atoms with Crippen LogP contribution in [0.3, 0.4) is 0 Å². The molecule has 0 aliphatic rings. The van der Waals surface area contributed by atoms with Gasteiger partial charge < -0.3 is 9.88 Å². The van der Waals surface area contributed by atoms with Crippen LogP contribution >= 0.6 is 0 Å². The van der Waals surface area contributed by atoms with Gasteiger partial charge in [-0.15, -0.1) is 0 Å². The predicted octanol–water partition coefficient (Wildman–Crippen LogP) is 7.29. The van der Waals surface area contributed by atoms with Crippen LogP contribution in [-0.4, -0.2) is 15.5 Å². The van der Waals surface area contributed by atoms with Crippen molar-refractivity contribution in [1.82, 2.24) is 14.9 Å². The fourth-order valence-corrected chi connectivity index (χ4v) is 4.23. The molecular formula is C29H39N3O. The summed E-state index contributed by atoms with van der Waals surface area (Å²) in [7, 11) is 0. The second kappa shape index (κ2) is 14.3. The van der Waals surface area contributed by atoms with E-state index in [0.29, 0.717) is 6.54 Å². The van der Waals surface area contributed by atoms with E-state index >= 15 is 0 Å². The zero-order valence-electron chi connectivity index (χ0n) is 20.1. The molecule has 0 atom stereocenters. The summed E-state index contributed by atoms with van der Waals surface area (Å²) >= 11 is 0. The monoisotopic (exact) mass is 445 g/mol. The van der Waals surface area contributed by atoms with E-state index in [2.05, 4.69) is 28.9 Å². The second-order valence-corrected chi connectivity index (χ2v) is 8.81. The number of aryl methyl sites for hydroxylation is 1. The van der Waals surface area contributed by atoms with Crippen LogP contribution in [-0.2, 0) is 17.9 Å². The van der Waals surface area contributed by atoms with E-state index in [0.717, 1.165) is 35.4 Å². The van der Waals surface area contributed by atoms with Crippen LogP contribution < -0.4 is 5.32 Å². The molecule has 0 fully saturated rings. The summed E-state index contributed by atoms with van der Waals surface area (Å²) in [6.45, 7) is 3.65. The highest BCUT2D eigenvalue weighted by Crippen LogP contribution is 2.18. The van der Waals surface area contributed by atoms with Crippen LogP contribution in [0.5, 0.6) is 0 Å². The number of amides is 1. The van der Waals surface area contributed by atoms with Crippen LogP contribution in [0.4, 0.5) is 0 Å². The molecule has 1 N–H and O–H groups in total. The summed E-state index contributed by atoms with van der Waals surface area (Å²) in [5.41, 5.74) is 3.16. The van der Waals surface area contributed by atoms with E-state index in [1.54, 1.807) is 6.08 Å². The van der Waals surface area contributed by atoms with Crippen molar-refractivity contribution in [2.45, 2.75) is 84.2 Å². The Kier molecular flexibility index (Phi) is 10.7. The van der Waals surface area contributed by atoms with Crippen molar-refractivity contribution >= 4 is 23.0 Å². The Morgan fingerprint density at radius 2 is 1.48 bits per heavy atom. The van der Waals surface area contributed by atoms with Crippen LogP contribution in [0.2, 0.25) is 0 Å². The molecule has 0 aliphatic heterocycles. The van der Waals surface area contributed by atoms with Gasteiger partial charge >= 0.3 is 0 Å². The first-order chi connectivity index (χ1) is 16.3. The summed E-state index contributed by atoms with van der Waals surface area (Å²) < 4.78 is 2.28. The lowest BCUT2D eigenvalue weighted by Crippen LogP contribution is -2.22. The number of carbonyl (C=O) groups is 1. The first-order valence-electron chi connectivity index (χ1n) is 12.7. The zero-order valence-corrected chi connectivity index (χ0v) is 20.1. The van der Waals surface area contributed by atoms with Crippen molar-refractivity contribution in [1.29, 1.82) is 0 Å². The standard InChI is InChI=1S/C29H39N3O/c1-2-3-4-5-6-7-8-9-10-16-23-32-27-20-15-14-19-26(27)31-28(32)24-30-29(33)22-21-25-17-12-11-13-18-25/h11-15,17-22H,2-10,16,23-24H2,1H3,(H,30,33)/b22-21-. The average molecular weight is 446 g/mol. The maximum absolute atomic E-state index is 12.3. The number of hydrogen-bond acceptors (Lipinski definition) is 2. The maximum atomic E-state index is 12.3. The number of benzene rings is 2. The molecule has 1 amide bonds. The van der Waals surface area contributed by atoms with E-state index < -0.39 is 0 Å². The molecule has 33 heavy (non-hydrogen) atoms. The highest BCUT2D eigenvalue weighted by molar-refractivity contribution is 5.91. The van der Waals surface area contributed by atoms with Crippen LogP contribution in [0, 0.1) is 0 Å². The zero-order chi connectivity index (χ0) is 23.1. The topological polar surface area (TPSA) is 46.9 Å². The summed E-state index contributed by atoms with van der Waals surface area (Å²) in [6.07, 6.45) is 16.7. The van der Waals surface area contributed by atoms with Gasteiger partial charge in [0, 0.05) is 12.6 Å². The van der Waals surface area contributed by atoms with Gasteiger partial charge in [0.25, 0.3) is 0 Å². The highest BCUT2D eigenvalue weighted by atomic mass is 16.1. The minimum Gasteiger partial charge on any atom is -0.345 e. The first kappa shape index (κ1) is 24.8. The third-order valence-corrected chi connectivity index (χ3v) is 6.12. The average Bonchev–Trinajstić information content (AvgIpc) is 3.20. The van der Waals surface area contributed by atoms with E-state index in [1.165, 1.54) is 57.8 Å². The molecule has 0 radical (unpaired) electrons.